The highest BCUT2D eigenvalue weighted by molar-refractivity contribution is 6.46. The number of carbonyl (C=O) groups is 2. The maximum absolute atomic E-state index is 14.8. The zero-order valence-electron chi connectivity index (χ0n) is 17.7. The molecule has 0 bridgehead atoms. The number of hydrogen-bond donors (Lipinski definition) is 1. The third kappa shape index (κ3) is 4.21. The van der Waals surface area contributed by atoms with E-state index in [9.17, 15) is 23.5 Å². The molecule has 2 aromatic carbocycles. The van der Waals surface area contributed by atoms with Crippen molar-refractivity contribution in [2.75, 3.05) is 13.7 Å². The summed E-state index contributed by atoms with van der Waals surface area (Å²) in [4.78, 5) is 31.2. The number of hydrogen-bond acceptors (Lipinski definition) is 5. The van der Waals surface area contributed by atoms with Gasteiger partial charge in [0, 0.05) is 31.0 Å². The first-order valence-corrected chi connectivity index (χ1v) is 10.2. The van der Waals surface area contributed by atoms with E-state index in [0.29, 0.717) is 13.0 Å². The maximum Gasteiger partial charge on any atom is 0.295 e. The fraction of sp³-hybridized carbons (Fsp3) is 0.208. The van der Waals surface area contributed by atoms with Crippen LogP contribution < -0.4 is 4.74 Å². The highest BCUT2D eigenvalue weighted by Gasteiger charge is 2.47. The molecule has 0 unspecified atom stereocenters. The van der Waals surface area contributed by atoms with Crippen molar-refractivity contribution in [2.45, 2.75) is 19.0 Å². The average Bonchev–Trinajstić information content (AvgIpc) is 3.41. The van der Waals surface area contributed by atoms with E-state index in [0.717, 1.165) is 12.1 Å². The van der Waals surface area contributed by atoms with Crippen LogP contribution in [0.15, 0.2) is 66.8 Å². The Morgan fingerprint density at radius 3 is 2.64 bits per heavy atom. The lowest BCUT2D eigenvalue weighted by Gasteiger charge is -2.25. The molecule has 9 heteroatoms. The minimum absolute atomic E-state index is 0.0521. The third-order valence-corrected chi connectivity index (χ3v) is 5.53. The van der Waals surface area contributed by atoms with E-state index in [1.54, 1.807) is 24.8 Å². The number of carbonyl (C=O) groups excluding carboxylic acids is 2. The molecule has 1 N–H and O–H groups in total. The number of aryl methyl sites for hydroxylation is 1. The predicted molar refractivity (Wildman–Crippen MR) is 115 cm³/mol. The Balaban J connectivity index is 1.80. The summed E-state index contributed by atoms with van der Waals surface area (Å²) in [6, 6.07) is 7.98. The van der Waals surface area contributed by atoms with Crippen LogP contribution in [0.3, 0.4) is 0 Å². The summed E-state index contributed by atoms with van der Waals surface area (Å²) in [7, 11) is 1.33. The van der Waals surface area contributed by atoms with Crippen molar-refractivity contribution >= 4 is 17.4 Å². The van der Waals surface area contributed by atoms with Crippen molar-refractivity contribution in [3.05, 3.63) is 89.5 Å². The van der Waals surface area contributed by atoms with Gasteiger partial charge >= 0.3 is 0 Å². The Morgan fingerprint density at radius 2 is 1.94 bits per heavy atom. The Kier molecular flexibility index (Phi) is 6.21. The van der Waals surface area contributed by atoms with Crippen LogP contribution in [-0.2, 0) is 16.1 Å². The molecule has 0 aliphatic carbocycles. The minimum Gasteiger partial charge on any atom is -0.507 e. The molecule has 1 amide bonds. The van der Waals surface area contributed by atoms with Crippen LogP contribution in [0.2, 0.25) is 0 Å². The van der Waals surface area contributed by atoms with Crippen LogP contribution >= 0.6 is 0 Å². The van der Waals surface area contributed by atoms with Crippen molar-refractivity contribution in [3.63, 3.8) is 0 Å². The largest absolute Gasteiger partial charge is 0.507 e. The van der Waals surface area contributed by atoms with Crippen LogP contribution in [0.5, 0.6) is 5.75 Å². The van der Waals surface area contributed by atoms with E-state index >= 15 is 0 Å². The molecule has 33 heavy (non-hydrogen) atoms. The highest BCUT2D eigenvalue weighted by Crippen LogP contribution is 2.41. The number of benzene rings is 2. The normalized spacial score (nSPS) is 17.5. The second-order valence-electron chi connectivity index (χ2n) is 7.51. The van der Waals surface area contributed by atoms with Gasteiger partial charge in [0.15, 0.2) is 0 Å². The van der Waals surface area contributed by atoms with E-state index in [1.165, 1.54) is 36.3 Å². The van der Waals surface area contributed by atoms with Crippen LogP contribution in [0.25, 0.3) is 5.76 Å². The first-order chi connectivity index (χ1) is 15.9. The molecule has 0 saturated carbocycles. The lowest BCUT2D eigenvalue weighted by atomic mass is 9.94. The zero-order valence-corrected chi connectivity index (χ0v) is 17.7. The summed E-state index contributed by atoms with van der Waals surface area (Å²) in [6.07, 6.45) is 5.47. The van der Waals surface area contributed by atoms with Gasteiger partial charge < -0.3 is 19.3 Å². The number of rotatable bonds is 7. The van der Waals surface area contributed by atoms with Gasteiger partial charge in [-0.3, -0.25) is 9.59 Å². The van der Waals surface area contributed by atoms with Gasteiger partial charge in [0.25, 0.3) is 11.7 Å². The van der Waals surface area contributed by atoms with Gasteiger partial charge in [0.05, 0.1) is 30.6 Å². The molecule has 1 aliphatic heterocycles. The van der Waals surface area contributed by atoms with Crippen molar-refractivity contribution in [2.24, 2.45) is 0 Å². The molecule has 3 aromatic rings. The molecular formula is C24H21F2N3O4. The van der Waals surface area contributed by atoms with Crippen molar-refractivity contribution in [1.29, 1.82) is 0 Å². The zero-order chi connectivity index (χ0) is 23.5. The molecule has 1 saturated heterocycles. The van der Waals surface area contributed by atoms with Crippen LogP contribution in [0.1, 0.15) is 23.6 Å². The van der Waals surface area contributed by atoms with Gasteiger partial charge in [0.1, 0.15) is 23.1 Å². The summed E-state index contributed by atoms with van der Waals surface area (Å²) >= 11 is 0. The van der Waals surface area contributed by atoms with Gasteiger partial charge in [-0.1, -0.05) is 18.2 Å². The number of methoxy groups -OCH3 is 1. The summed E-state index contributed by atoms with van der Waals surface area (Å²) in [5.74, 6) is -3.68. The Bertz CT molecular complexity index is 1220. The lowest BCUT2D eigenvalue weighted by molar-refractivity contribution is -0.140. The number of Topliss-reactive ketones (excluding diaryl/α,β-unsaturated/α-hetero) is 1. The van der Waals surface area contributed by atoms with Crippen molar-refractivity contribution < 1.29 is 28.2 Å². The lowest BCUT2D eigenvalue weighted by Crippen LogP contribution is -2.31. The Labute approximate surface area is 188 Å². The van der Waals surface area contributed by atoms with E-state index in [2.05, 4.69) is 4.98 Å². The van der Waals surface area contributed by atoms with E-state index in [1.807, 2.05) is 4.57 Å². The molecule has 1 aromatic heterocycles. The van der Waals surface area contributed by atoms with Gasteiger partial charge in [-0.2, -0.15) is 0 Å². The number of aliphatic hydroxyl groups excluding tert-OH is 1. The molecule has 0 spiro atoms. The van der Waals surface area contributed by atoms with Gasteiger partial charge in [0.2, 0.25) is 0 Å². The summed E-state index contributed by atoms with van der Waals surface area (Å²) in [6.45, 7) is 0.642. The van der Waals surface area contributed by atoms with Gasteiger partial charge in [-0.15, -0.1) is 0 Å². The quantitative estimate of drug-likeness (QED) is 0.335. The fourth-order valence-electron chi connectivity index (χ4n) is 3.98. The van der Waals surface area contributed by atoms with Gasteiger partial charge in [-0.25, -0.2) is 13.8 Å². The molecule has 1 aliphatic rings. The first kappa shape index (κ1) is 22.2. The molecule has 170 valence electrons. The fourth-order valence-corrected chi connectivity index (χ4v) is 3.98. The van der Waals surface area contributed by atoms with Gasteiger partial charge in [-0.05, 0) is 30.7 Å². The van der Waals surface area contributed by atoms with E-state index in [4.69, 9.17) is 4.74 Å². The number of ketones is 1. The first-order valence-electron chi connectivity index (χ1n) is 10.2. The van der Waals surface area contributed by atoms with E-state index in [-0.39, 0.29) is 29.0 Å². The molecule has 1 atom stereocenters. The number of likely N-dealkylation sites (tertiary alicyclic amines) is 1. The SMILES string of the molecule is COc1ccc(F)cc1C(O)=C1C(=O)C(=O)N(CCCn2ccnc2)[C@H]1c1ccccc1F. The standard InChI is InChI=1S/C24H21F2N3O4/c1-33-19-8-7-15(25)13-17(19)22(30)20-21(16-5-2-3-6-18(16)26)29(24(32)23(20)31)11-4-10-28-12-9-27-14-28/h2-3,5-9,12-14,21,30H,4,10-11H2,1H3/t21-/m0/s1. The summed E-state index contributed by atoms with van der Waals surface area (Å²) < 4.78 is 35.8. The number of amides is 1. The summed E-state index contributed by atoms with van der Waals surface area (Å²) in [5.41, 5.74) is -0.372. The van der Waals surface area contributed by atoms with Crippen molar-refractivity contribution in [1.82, 2.24) is 14.5 Å². The minimum atomic E-state index is -1.18. The van der Waals surface area contributed by atoms with Crippen LogP contribution in [0.4, 0.5) is 8.78 Å². The predicted octanol–water partition coefficient (Wildman–Crippen LogP) is 3.68. The summed E-state index contributed by atoms with van der Waals surface area (Å²) in [5, 5.41) is 11.1. The number of nitrogens with zero attached hydrogens (tertiary/aromatic N) is 3. The third-order valence-electron chi connectivity index (χ3n) is 5.53. The number of halogens is 2. The smallest absolute Gasteiger partial charge is 0.295 e. The van der Waals surface area contributed by atoms with Crippen LogP contribution in [0, 0.1) is 11.6 Å². The molecule has 1 fully saturated rings. The number of aliphatic hydroxyl groups is 1. The molecule has 0 radical (unpaired) electrons. The monoisotopic (exact) mass is 453 g/mol. The number of ether oxygens (including phenoxy) is 1. The topological polar surface area (TPSA) is 84.7 Å². The number of aromatic nitrogens is 2. The second kappa shape index (κ2) is 9.23. The molecule has 4 rings (SSSR count). The van der Waals surface area contributed by atoms with Crippen LogP contribution in [-0.4, -0.2) is 44.9 Å². The Hall–Kier alpha value is -4.01. The highest BCUT2D eigenvalue weighted by atomic mass is 19.1. The molecule has 2 heterocycles. The molecule has 7 nitrogen and oxygen atoms in total. The second-order valence-corrected chi connectivity index (χ2v) is 7.51. The van der Waals surface area contributed by atoms with Crippen molar-refractivity contribution in [3.8, 4) is 5.75 Å². The Morgan fingerprint density at radius 1 is 1.15 bits per heavy atom. The number of imidazole rings is 1. The maximum atomic E-state index is 14.8. The van der Waals surface area contributed by atoms with E-state index < -0.39 is 35.1 Å². The average molecular weight is 453 g/mol. The molecular weight excluding hydrogens is 432 g/mol.